The molecule has 0 bridgehead atoms. The number of carbonyl (C=O) groups is 1. The maximum absolute atomic E-state index is 14.0. The molecule has 29 heavy (non-hydrogen) atoms. The van der Waals surface area contributed by atoms with Crippen LogP contribution in [0.15, 0.2) is 65.1 Å². The second-order valence-corrected chi connectivity index (χ2v) is 6.20. The van der Waals surface area contributed by atoms with Gasteiger partial charge in [0.15, 0.2) is 5.58 Å². The van der Waals surface area contributed by atoms with Gasteiger partial charge in [-0.2, -0.15) is 0 Å². The molecule has 1 aromatic heterocycles. The Bertz CT molecular complexity index is 1200. The minimum absolute atomic E-state index is 0.179. The van der Waals surface area contributed by atoms with E-state index >= 15 is 0 Å². The average molecular weight is 392 g/mol. The number of nitrogens with zero attached hydrogens (tertiary/aromatic N) is 1. The largest absolute Gasteiger partial charge is 0.497 e. The fourth-order valence-corrected chi connectivity index (χ4v) is 2.94. The van der Waals surface area contributed by atoms with Gasteiger partial charge >= 0.3 is 0 Å². The highest BCUT2D eigenvalue weighted by Gasteiger charge is 2.16. The molecular formula is C22H17FN2O4. The molecule has 0 spiro atoms. The van der Waals surface area contributed by atoms with E-state index < -0.39 is 5.82 Å². The smallest absolute Gasteiger partial charge is 0.259 e. The third-order valence-electron chi connectivity index (χ3n) is 4.40. The molecule has 7 heteroatoms. The molecule has 0 fully saturated rings. The fraction of sp³-hybridized carbons (Fsp3) is 0.0909. The zero-order valence-corrected chi connectivity index (χ0v) is 15.7. The fourth-order valence-electron chi connectivity index (χ4n) is 2.94. The SMILES string of the molecule is COc1ccc(C(=O)Nc2ccc3oc(-c4ccccc4F)nc3c2)c(OC)c1. The van der Waals surface area contributed by atoms with Crippen LogP contribution < -0.4 is 14.8 Å². The number of halogens is 1. The van der Waals surface area contributed by atoms with Gasteiger partial charge in [0.05, 0.1) is 25.3 Å². The third kappa shape index (κ3) is 3.62. The number of methoxy groups -OCH3 is 2. The molecule has 3 aromatic carbocycles. The number of benzene rings is 3. The Labute approximate surface area is 165 Å². The van der Waals surface area contributed by atoms with E-state index in [-0.39, 0.29) is 17.4 Å². The molecule has 1 N–H and O–H groups in total. The van der Waals surface area contributed by atoms with Crippen molar-refractivity contribution in [1.82, 2.24) is 4.98 Å². The van der Waals surface area contributed by atoms with Crippen LogP contribution in [0.4, 0.5) is 10.1 Å². The van der Waals surface area contributed by atoms with Crippen molar-refractivity contribution in [3.8, 4) is 23.0 Å². The minimum atomic E-state index is -0.417. The highest BCUT2D eigenvalue weighted by Crippen LogP contribution is 2.29. The first-order chi connectivity index (χ1) is 14.1. The van der Waals surface area contributed by atoms with Gasteiger partial charge in [-0.3, -0.25) is 4.79 Å². The molecule has 4 rings (SSSR count). The van der Waals surface area contributed by atoms with Crippen molar-refractivity contribution < 1.29 is 23.1 Å². The summed E-state index contributed by atoms with van der Waals surface area (Å²) in [5.74, 6) is 0.397. The first-order valence-electron chi connectivity index (χ1n) is 8.78. The molecule has 0 unspecified atom stereocenters. The van der Waals surface area contributed by atoms with Crippen molar-refractivity contribution >= 4 is 22.7 Å². The first-order valence-corrected chi connectivity index (χ1v) is 8.78. The lowest BCUT2D eigenvalue weighted by atomic mass is 10.1. The molecule has 0 atom stereocenters. The maximum Gasteiger partial charge on any atom is 0.259 e. The van der Waals surface area contributed by atoms with Gasteiger partial charge < -0.3 is 19.2 Å². The number of aromatic nitrogens is 1. The normalized spacial score (nSPS) is 10.7. The van der Waals surface area contributed by atoms with Gasteiger partial charge in [0, 0.05) is 11.8 Å². The van der Waals surface area contributed by atoms with Crippen LogP contribution in [-0.4, -0.2) is 25.1 Å². The van der Waals surface area contributed by atoms with Crippen molar-refractivity contribution in [2.75, 3.05) is 19.5 Å². The molecule has 4 aromatic rings. The summed E-state index contributed by atoms with van der Waals surface area (Å²) in [7, 11) is 3.02. The monoisotopic (exact) mass is 392 g/mol. The maximum atomic E-state index is 14.0. The van der Waals surface area contributed by atoms with Crippen molar-refractivity contribution in [2.45, 2.75) is 0 Å². The quantitative estimate of drug-likeness (QED) is 0.523. The molecule has 0 radical (unpaired) electrons. The van der Waals surface area contributed by atoms with E-state index in [4.69, 9.17) is 13.9 Å². The van der Waals surface area contributed by atoms with Gasteiger partial charge in [0.1, 0.15) is 22.8 Å². The van der Waals surface area contributed by atoms with Crippen LogP contribution in [0.5, 0.6) is 11.5 Å². The first kappa shape index (κ1) is 18.5. The Morgan fingerprint density at radius 2 is 1.86 bits per heavy atom. The molecule has 0 aliphatic heterocycles. The van der Waals surface area contributed by atoms with Crippen LogP contribution in [0.3, 0.4) is 0 Å². The summed E-state index contributed by atoms with van der Waals surface area (Å²) in [6.07, 6.45) is 0. The van der Waals surface area contributed by atoms with E-state index in [1.165, 1.54) is 20.3 Å². The summed E-state index contributed by atoms with van der Waals surface area (Å²) in [5.41, 5.74) is 2.15. The highest BCUT2D eigenvalue weighted by atomic mass is 19.1. The van der Waals surface area contributed by atoms with E-state index in [9.17, 15) is 9.18 Å². The molecule has 0 saturated carbocycles. The molecule has 1 amide bonds. The van der Waals surface area contributed by atoms with Crippen LogP contribution in [0.1, 0.15) is 10.4 Å². The number of ether oxygens (including phenoxy) is 2. The standard InChI is InChI=1S/C22H17FN2O4/c1-27-14-8-9-16(20(12-14)28-2)21(26)24-13-7-10-19-18(11-13)25-22(29-19)15-5-3-4-6-17(15)23/h3-12H,1-2H3,(H,24,26). The summed E-state index contributed by atoms with van der Waals surface area (Å²) in [4.78, 5) is 17.0. The van der Waals surface area contributed by atoms with Crippen LogP contribution in [0, 0.1) is 5.82 Å². The zero-order chi connectivity index (χ0) is 20.4. The van der Waals surface area contributed by atoms with Gasteiger partial charge in [-0.15, -0.1) is 0 Å². The lowest BCUT2D eigenvalue weighted by Gasteiger charge is -2.10. The summed E-state index contributed by atoms with van der Waals surface area (Å²) in [5, 5.41) is 2.81. The molecule has 0 aliphatic rings. The van der Waals surface area contributed by atoms with Gasteiger partial charge in [-0.1, -0.05) is 12.1 Å². The van der Waals surface area contributed by atoms with Gasteiger partial charge in [-0.25, -0.2) is 9.37 Å². The predicted molar refractivity (Wildman–Crippen MR) is 107 cm³/mol. The number of hydrogen-bond acceptors (Lipinski definition) is 5. The number of fused-ring (bicyclic) bond motifs is 1. The van der Waals surface area contributed by atoms with Crippen molar-refractivity contribution in [3.63, 3.8) is 0 Å². The van der Waals surface area contributed by atoms with Crippen molar-refractivity contribution in [2.24, 2.45) is 0 Å². The summed E-state index contributed by atoms with van der Waals surface area (Å²) < 4.78 is 30.1. The van der Waals surface area contributed by atoms with Crippen LogP contribution in [-0.2, 0) is 0 Å². The van der Waals surface area contributed by atoms with Crippen LogP contribution in [0.2, 0.25) is 0 Å². The van der Waals surface area contributed by atoms with Gasteiger partial charge in [0.25, 0.3) is 5.91 Å². The Morgan fingerprint density at radius 3 is 2.62 bits per heavy atom. The van der Waals surface area contributed by atoms with Crippen LogP contribution >= 0.6 is 0 Å². The zero-order valence-electron chi connectivity index (χ0n) is 15.7. The molecular weight excluding hydrogens is 375 g/mol. The molecule has 146 valence electrons. The molecule has 6 nitrogen and oxygen atoms in total. The number of oxazole rings is 1. The predicted octanol–water partition coefficient (Wildman–Crippen LogP) is 4.90. The van der Waals surface area contributed by atoms with Crippen molar-refractivity contribution in [1.29, 1.82) is 0 Å². The summed E-state index contributed by atoms with van der Waals surface area (Å²) in [6, 6.07) is 16.2. The van der Waals surface area contributed by atoms with E-state index in [1.807, 2.05) is 0 Å². The minimum Gasteiger partial charge on any atom is -0.497 e. The van der Waals surface area contributed by atoms with E-state index in [0.29, 0.717) is 33.8 Å². The lowest BCUT2D eigenvalue weighted by molar-refractivity contribution is 0.102. The second kappa shape index (κ2) is 7.63. The van der Waals surface area contributed by atoms with Crippen molar-refractivity contribution in [3.05, 3.63) is 72.0 Å². The van der Waals surface area contributed by atoms with E-state index in [2.05, 4.69) is 10.3 Å². The Balaban J connectivity index is 1.62. The second-order valence-electron chi connectivity index (χ2n) is 6.20. The Hall–Kier alpha value is -3.87. The number of nitrogens with one attached hydrogen (secondary N) is 1. The summed E-state index contributed by atoms with van der Waals surface area (Å²) in [6.45, 7) is 0. The molecule has 0 aliphatic carbocycles. The number of anilines is 1. The lowest BCUT2D eigenvalue weighted by Crippen LogP contribution is -2.13. The molecule has 0 saturated heterocycles. The van der Waals surface area contributed by atoms with Gasteiger partial charge in [-0.05, 0) is 42.5 Å². The molecule has 1 heterocycles. The van der Waals surface area contributed by atoms with E-state index in [1.54, 1.807) is 54.6 Å². The summed E-state index contributed by atoms with van der Waals surface area (Å²) >= 11 is 0. The number of rotatable bonds is 5. The Kier molecular flexibility index (Phi) is 4.87. The highest BCUT2D eigenvalue weighted by molar-refractivity contribution is 6.06. The Morgan fingerprint density at radius 1 is 1.03 bits per heavy atom. The average Bonchev–Trinajstić information content (AvgIpc) is 3.16. The third-order valence-corrected chi connectivity index (χ3v) is 4.40. The number of carbonyl (C=O) groups excluding carboxylic acids is 1. The van der Waals surface area contributed by atoms with Crippen LogP contribution in [0.25, 0.3) is 22.6 Å². The van der Waals surface area contributed by atoms with Gasteiger partial charge in [0.2, 0.25) is 5.89 Å². The number of hydrogen-bond donors (Lipinski definition) is 1. The topological polar surface area (TPSA) is 73.6 Å². The number of amides is 1. The van der Waals surface area contributed by atoms with E-state index in [0.717, 1.165) is 0 Å².